The summed E-state index contributed by atoms with van der Waals surface area (Å²) < 4.78 is 1.76. The van der Waals surface area contributed by atoms with Gasteiger partial charge in [-0.3, -0.25) is 25.1 Å². The molecule has 94 valence electrons. The highest BCUT2D eigenvalue weighted by Gasteiger charge is 2.17. The average molecular weight is 238 g/mol. The van der Waals surface area contributed by atoms with Crippen molar-refractivity contribution in [2.24, 2.45) is 0 Å². The van der Waals surface area contributed by atoms with Crippen LogP contribution in [-0.4, -0.2) is 21.6 Å². The molecule has 0 aliphatic heterocycles. The molecule has 0 aromatic carbocycles. The molecule has 1 rings (SSSR count). The van der Waals surface area contributed by atoms with E-state index in [2.05, 4.69) is 16.0 Å². The number of amides is 2. The molecule has 1 heterocycles. The molecular weight excluding hydrogens is 220 g/mol. The fraction of sp³-hybridized carbons (Fsp3) is 0.545. The molecule has 0 atom stereocenters. The lowest BCUT2D eigenvalue weighted by Gasteiger charge is -2.04. The lowest BCUT2D eigenvalue weighted by molar-refractivity contribution is -0.121. The molecule has 0 aliphatic rings. The Kier molecular flexibility index (Phi) is 4.25. The molecule has 6 heteroatoms. The zero-order valence-corrected chi connectivity index (χ0v) is 10.6. The predicted molar refractivity (Wildman–Crippen MR) is 63.3 cm³/mol. The van der Waals surface area contributed by atoms with Gasteiger partial charge in [0.05, 0.1) is 0 Å². The first kappa shape index (κ1) is 13.2. The number of hydrogen-bond donors (Lipinski definition) is 2. The summed E-state index contributed by atoms with van der Waals surface area (Å²) in [4.78, 5) is 22.8. The van der Waals surface area contributed by atoms with Crippen LogP contribution in [0.4, 0.5) is 0 Å². The first-order chi connectivity index (χ1) is 8.01. The summed E-state index contributed by atoms with van der Waals surface area (Å²) in [6.07, 6.45) is 0.321. The maximum atomic E-state index is 11.8. The number of carbonyl (C=O) groups excluding carboxylic acids is 2. The molecule has 0 spiro atoms. The lowest BCUT2D eigenvalue weighted by atomic mass is 10.2. The molecule has 0 saturated carbocycles. The second-order valence-electron chi connectivity index (χ2n) is 3.73. The zero-order chi connectivity index (χ0) is 13.0. The smallest absolute Gasteiger partial charge is 0.273 e. The number of rotatable bonds is 3. The summed E-state index contributed by atoms with van der Waals surface area (Å²) in [5, 5.41) is 4.18. The minimum absolute atomic E-state index is 0.234. The van der Waals surface area contributed by atoms with Crippen LogP contribution in [0, 0.1) is 13.8 Å². The van der Waals surface area contributed by atoms with E-state index in [1.807, 2.05) is 20.8 Å². The zero-order valence-electron chi connectivity index (χ0n) is 10.6. The number of hydrogen-bond acceptors (Lipinski definition) is 3. The van der Waals surface area contributed by atoms with Crippen molar-refractivity contribution in [2.45, 2.75) is 40.7 Å². The van der Waals surface area contributed by atoms with Crippen LogP contribution in [0.1, 0.15) is 42.0 Å². The highest BCUT2D eigenvalue weighted by Crippen LogP contribution is 2.11. The molecule has 2 amide bonds. The van der Waals surface area contributed by atoms with E-state index in [1.54, 1.807) is 11.6 Å². The quantitative estimate of drug-likeness (QED) is 0.761. The van der Waals surface area contributed by atoms with Crippen LogP contribution in [0.25, 0.3) is 0 Å². The maximum Gasteiger partial charge on any atom is 0.290 e. The monoisotopic (exact) mass is 238 g/mol. The number of nitrogens with zero attached hydrogens (tertiary/aromatic N) is 2. The van der Waals surface area contributed by atoms with Crippen LogP contribution >= 0.6 is 0 Å². The largest absolute Gasteiger partial charge is 0.290 e. The van der Waals surface area contributed by atoms with Crippen LogP contribution in [0.5, 0.6) is 0 Å². The first-order valence-corrected chi connectivity index (χ1v) is 5.64. The predicted octanol–water partition coefficient (Wildman–Crippen LogP) is 0.691. The molecule has 0 fully saturated rings. The van der Waals surface area contributed by atoms with Crippen molar-refractivity contribution in [2.75, 3.05) is 0 Å². The molecule has 0 bridgehead atoms. The summed E-state index contributed by atoms with van der Waals surface area (Å²) >= 11 is 0. The van der Waals surface area contributed by atoms with Gasteiger partial charge in [0.25, 0.3) is 5.91 Å². The van der Waals surface area contributed by atoms with E-state index in [4.69, 9.17) is 0 Å². The standard InChI is InChI=1S/C11H18N4O2/c1-5-9(16)12-13-11(17)10-7(3)8(4)15(6-2)14-10/h5-6H2,1-4H3,(H,12,16)(H,13,17). The van der Waals surface area contributed by atoms with Crippen LogP contribution in [0.15, 0.2) is 0 Å². The Balaban J connectivity index is 2.79. The van der Waals surface area contributed by atoms with E-state index in [9.17, 15) is 9.59 Å². The van der Waals surface area contributed by atoms with Gasteiger partial charge in [-0.2, -0.15) is 5.10 Å². The number of aryl methyl sites for hydroxylation is 1. The second kappa shape index (κ2) is 5.47. The molecule has 1 aromatic rings. The number of aromatic nitrogens is 2. The highest BCUT2D eigenvalue weighted by molar-refractivity contribution is 5.95. The number of carbonyl (C=O) groups is 2. The van der Waals surface area contributed by atoms with E-state index < -0.39 is 0 Å². The Hall–Kier alpha value is -1.85. The van der Waals surface area contributed by atoms with Gasteiger partial charge < -0.3 is 0 Å². The Morgan fingerprint density at radius 1 is 1.24 bits per heavy atom. The molecule has 0 unspecified atom stereocenters. The maximum absolute atomic E-state index is 11.8. The van der Waals surface area contributed by atoms with Crippen LogP contribution < -0.4 is 10.9 Å². The van der Waals surface area contributed by atoms with Gasteiger partial charge in [-0.1, -0.05) is 6.92 Å². The Labute approximate surface area is 100 Å². The third-order valence-corrected chi connectivity index (χ3v) is 2.66. The molecule has 6 nitrogen and oxygen atoms in total. The molecule has 0 aliphatic carbocycles. The van der Waals surface area contributed by atoms with Gasteiger partial charge in [0.2, 0.25) is 5.91 Å². The molecule has 0 saturated heterocycles. The first-order valence-electron chi connectivity index (χ1n) is 5.64. The van der Waals surface area contributed by atoms with Gasteiger partial charge in [-0.25, -0.2) is 0 Å². The molecule has 17 heavy (non-hydrogen) atoms. The molecular formula is C11H18N4O2. The van der Waals surface area contributed by atoms with E-state index in [0.717, 1.165) is 11.3 Å². The Morgan fingerprint density at radius 3 is 2.35 bits per heavy atom. The van der Waals surface area contributed by atoms with Gasteiger partial charge in [-0.15, -0.1) is 0 Å². The Bertz CT molecular complexity index is 437. The summed E-state index contributed by atoms with van der Waals surface area (Å²) in [6, 6.07) is 0. The summed E-state index contributed by atoms with van der Waals surface area (Å²) in [5.41, 5.74) is 6.79. The summed E-state index contributed by atoms with van der Waals surface area (Å²) in [7, 11) is 0. The van der Waals surface area contributed by atoms with Gasteiger partial charge in [0.1, 0.15) is 0 Å². The minimum atomic E-state index is -0.389. The molecule has 2 N–H and O–H groups in total. The van der Waals surface area contributed by atoms with Crippen LogP contribution in [0.2, 0.25) is 0 Å². The van der Waals surface area contributed by atoms with E-state index in [-0.39, 0.29) is 11.8 Å². The Morgan fingerprint density at radius 2 is 1.88 bits per heavy atom. The van der Waals surface area contributed by atoms with Gasteiger partial charge in [0, 0.05) is 24.2 Å². The highest BCUT2D eigenvalue weighted by atomic mass is 16.2. The van der Waals surface area contributed by atoms with Crippen molar-refractivity contribution in [3.8, 4) is 0 Å². The third kappa shape index (κ3) is 2.83. The van der Waals surface area contributed by atoms with Crippen molar-refractivity contribution in [3.63, 3.8) is 0 Å². The summed E-state index contributed by atoms with van der Waals surface area (Å²) in [5.74, 6) is -0.623. The number of hydrazine groups is 1. The fourth-order valence-corrected chi connectivity index (χ4v) is 1.43. The summed E-state index contributed by atoms with van der Waals surface area (Å²) in [6.45, 7) is 8.13. The van der Waals surface area contributed by atoms with Crippen molar-refractivity contribution in [3.05, 3.63) is 17.0 Å². The van der Waals surface area contributed by atoms with Crippen molar-refractivity contribution < 1.29 is 9.59 Å². The third-order valence-electron chi connectivity index (χ3n) is 2.66. The minimum Gasteiger partial charge on any atom is -0.273 e. The topological polar surface area (TPSA) is 76.0 Å². The normalized spacial score (nSPS) is 10.1. The number of nitrogens with one attached hydrogen (secondary N) is 2. The van der Waals surface area contributed by atoms with E-state index >= 15 is 0 Å². The fourth-order valence-electron chi connectivity index (χ4n) is 1.43. The van der Waals surface area contributed by atoms with Crippen molar-refractivity contribution >= 4 is 11.8 Å². The van der Waals surface area contributed by atoms with Crippen molar-refractivity contribution in [1.82, 2.24) is 20.6 Å². The van der Waals surface area contributed by atoms with Crippen LogP contribution in [-0.2, 0) is 11.3 Å². The average Bonchev–Trinajstić information content (AvgIpc) is 2.62. The SMILES string of the molecule is CCC(=O)NNC(=O)c1nn(CC)c(C)c1C. The second-order valence-corrected chi connectivity index (χ2v) is 3.73. The molecule has 0 radical (unpaired) electrons. The molecule has 1 aromatic heterocycles. The lowest BCUT2D eigenvalue weighted by Crippen LogP contribution is -2.41. The van der Waals surface area contributed by atoms with Gasteiger partial charge >= 0.3 is 0 Å². The van der Waals surface area contributed by atoms with Crippen LogP contribution in [0.3, 0.4) is 0 Å². The van der Waals surface area contributed by atoms with Gasteiger partial charge in [-0.05, 0) is 20.8 Å². The van der Waals surface area contributed by atoms with Gasteiger partial charge in [0.15, 0.2) is 5.69 Å². The van der Waals surface area contributed by atoms with E-state index in [0.29, 0.717) is 18.7 Å². The van der Waals surface area contributed by atoms with Crippen molar-refractivity contribution in [1.29, 1.82) is 0 Å². The van der Waals surface area contributed by atoms with E-state index in [1.165, 1.54) is 0 Å².